The first kappa shape index (κ1) is 15.5. The normalized spacial score (nSPS) is 18.1. The number of hydrogen-bond acceptors (Lipinski definition) is 3. The lowest BCUT2D eigenvalue weighted by atomic mass is 10.0. The van der Waals surface area contributed by atoms with E-state index >= 15 is 0 Å². The Morgan fingerprint density at radius 3 is 2.70 bits per heavy atom. The van der Waals surface area contributed by atoms with Crippen LogP contribution in [0.2, 0.25) is 5.02 Å². The van der Waals surface area contributed by atoms with Crippen LogP contribution in [-0.2, 0) is 0 Å². The second-order valence-corrected chi connectivity index (χ2v) is 5.76. The Balaban J connectivity index is 2.07. The van der Waals surface area contributed by atoms with Crippen molar-refractivity contribution in [1.29, 1.82) is 0 Å². The molecule has 1 aliphatic carbocycles. The molecular weight excluding hydrogens is 288 g/mol. The van der Waals surface area contributed by atoms with Crippen LogP contribution in [0.1, 0.15) is 31.4 Å². The van der Waals surface area contributed by atoms with Gasteiger partial charge in [0.15, 0.2) is 0 Å². The number of aliphatic hydroxyl groups is 1. The third-order valence-electron chi connectivity index (χ3n) is 3.73. The predicted molar refractivity (Wildman–Crippen MR) is 73.3 cm³/mol. The first-order chi connectivity index (χ1) is 9.46. The zero-order valence-corrected chi connectivity index (χ0v) is 12.0. The molecule has 1 fully saturated rings. The maximum atomic E-state index is 12.4. The summed E-state index contributed by atoms with van der Waals surface area (Å²) in [4.78, 5) is 0. The van der Waals surface area contributed by atoms with E-state index in [9.17, 15) is 13.9 Å². The lowest BCUT2D eigenvalue weighted by molar-refractivity contribution is -0.0506. The largest absolute Gasteiger partial charge is 0.434 e. The van der Waals surface area contributed by atoms with Gasteiger partial charge in [-0.3, -0.25) is 0 Å². The molecule has 2 N–H and O–H groups in total. The summed E-state index contributed by atoms with van der Waals surface area (Å²) in [5, 5.41) is 13.0. The fourth-order valence-electron chi connectivity index (χ4n) is 2.11. The number of rotatable bonds is 7. The van der Waals surface area contributed by atoms with Crippen molar-refractivity contribution in [2.24, 2.45) is 5.41 Å². The summed E-state index contributed by atoms with van der Waals surface area (Å²) in [6.45, 7) is -0.222. The van der Waals surface area contributed by atoms with Crippen LogP contribution in [0.25, 0.3) is 0 Å². The zero-order valence-electron chi connectivity index (χ0n) is 11.2. The van der Waals surface area contributed by atoms with Crippen LogP contribution in [0.5, 0.6) is 5.75 Å². The van der Waals surface area contributed by atoms with Gasteiger partial charge < -0.3 is 15.2 Å². The number of hydrogen-bond donors (Lipinski definition) is 2. The van der Waals surface area contributed by atoms with Gasteiger partial charge in [-0.25, -0.2) is 0 Å². The Morgan fingerprint density at radius 2 is 2.15 bits per heavy atom. The van der Waals surface area contributed by atoms with Crippen LogP contribution in [0.15, 0.2) is 18.2 Å². The lowest BCUT2D eigenvalue weighted by Gasteiger charge is -2.21. The van der Waals surface area contributed by atoms with Gasteiger partial charge in [-0.2, -0.15) is 8.78 Å². The molecule has 0 spiro atoms. The summed E-state index contributed by atoms with van der Waals surface area (Å²) in [7, 11) is 0. The molecule has 0 saturated heterocycles. The first-order valence-corrected chi connectivity index (χ1v) is 6.92. The van der Waals surface area contributed by atoms with Crippen molar-refractivity contribution in [3.63, 3.8) is 0 Å². The van der Waals surface area contributed by atoms with Crippen LogP contribution in [0, 0.1) is 5.41 Å². The molecule has 1 atom stereocenters. The number of nitrogens with one attached hydrogen (secondary N) is 1. The fraction of sp³-hybridized carbons (Fsp3) is 0.571. The molecule has 0 aromatic heterocycles. The van der Waals surface area contributed by atoms with Crippen molar-refractivity contribution in [2.45, 2.75) is 32.4 Å². The van der Waals surface area contributed by atoms with Crippen molar-refractivity contribution in [3.05, 3.63) is 28.8 Å². The topological polar surface area (TPSA) is 41.5 Å². The van der Waals surface area contributed by atoms with Crippen LogP contribution < -0.4 is 10.1 Å². The molecule has 3 nitrogen and oxygen atoms in total. The van der Waals surface area contributed by atoms with Gasteiger partial charge in [-0.1, -0.05) is 11.6 Å². The fourth-order valence-corrected chi connectivity index (χ4v) is 2.29. The van der Waals surface area contributed by atoms with Gasteiger partial charge in [0.2, 0.25) is 0 Å². The minimum Gasteiger partial charge on any atom is -0.434 e. The standard InChI is InChI=1S/C14H18ClF2NO2/c1-9(18-7-14(8-19)4-5-14)11-6-10(15)2-3-12(11)20-13(16)17/h2-3,6,9,13,18-19H,4-5,7-8H2,1H3. The summed E-state index contributed by atoms with van der Waals surface area (Å²) < 4.78 is 29.3. The van der Waals surface area contributed by atoms with Gasteiger partial charge in [0.05, 0.1) is 0 Å². The highest BCUT2D eigenvalue weighted by Gasteiger charge is 2.41. The molecular formula is C14H18ClF2NO2. The van der Waals surface area contributed by atoms with E-state index in [1.165, 1.54) is 12.1 Å². The van der Waals surface area contributed by atoms with E-state index in [4.69, 9.17) is 11.6 Å². The van der Waals surface area contributed by atoms with E-state index in [1.807, 2.05) is 6.92 Å². The van der Waals surface area contributed by atoms with E-state index in [0.29, 0.717) is 17.1 Å². The van der Waals surface area contributed by atoms with E-state index in [0.717, 1.165) is 12.8 Å². The SMILES string of the molecule is CC(NCC1(CO)CC1)c1cc(Cl)ccc1OC(F)F. The minimum absolute atomic E-state index is 0.0451. The number of halogens is 3. The van der Waals surface area contributed by atoms with E-state index in [1.54, 1.807) is 6.07 Å². The molecule has 1 aliphatic rings. The Hall–Kier alpha value is -0.910. The maximum Gasteiger partial charge on any atom is 0.387 e. The third-order valence-corrected chi connectivity index (χ3v) is 3.97. The molecule has 0 bridgehead atoms. The van der Waals surface area contributed by atoms with E-state index in [2.05, 4.69) is 10.1 Å². The Morgan fingerprint density at radius 1 is 1.45 bits per heavy atom. The van der Waals surface area contributed by atoms with Gasteiger partial charge in [0.25, 0.3) is 0 Å². The quantitative estimate of drug-likeness (QED) is 0.811. The van der Waals surface area contributed by atoms with Crippen LogP contribution in [-0.4, -0.2) is 24.9 Å². The first-order valence-electron chi connectivity index (χ1n) is 6.54. The van der Waals surface area contributed by atoms with Gasteiger partial charge in [-0.15, -0.1) is 0 Å². The molecule has 1 aromatic carbocycles. The Bertz CT molecular complexity index is 466. The highest BCUT2D eigenvalue weighted by Crippen LogP contribution is 2.44. The van der Waals surface area contributed by atoms with Crippen LogP contribution >= 0.6 is 11.6 Å². The molecule has 6 heteroatoms. The smallest absolute Gasteiger partial charge is 0.387 e. The summed E-state index contributed by atoms with van der Waals surface area (Å²) in [6.07, 6.45) is 1.97. The summed E-state index contributed by atoms with van der Waals surface area (Å²) in [6, 6.07) is 4.40. The molecule has 1 saturated carbocycles. The Labute approximate surface area is 121 Å². The highest BCUT2D eigenvalue weighted by molar-refractivity contribution is 6.30. The molecule has 1 aromatic rings. The number of alkyl halides is 2. The summed E-state index contributed by atoms with van der Waals surface area (Å²) in [5.74, 6) is 0.123. The summed E-state index contributed by atoms with van der Waals surface area (Å²) in [5.41, 5.74) is 0.544. The molecule has 20 heavy (non-hydrogen) atoms. The van der Waals surface area contributed by atoms with Crippen molar-refractivity contribution in [3.8, 4) is 5.75 Å². The van der Waals surface area contributed by atoms with E-state index < -0.39 is 6.61 Å². The van der Waals surface area contributed by atoms with Gasteiger partial charge in [0, 0.05) is 35.2 Å². The minimum atomic E-state index is -2.87. The second-order valence-electron chi connectivity index (χ2n) is 5.32. The van der Waals surface area contributed by atoms with Gasteiger partial charge in [-0.05, 0) is 38.0 Å². The van der Waals surface area contributed by atoms with Crippen LogP contribution in [0.4, 0.5) is 8.78 Å². The Kier molecular flexibility index (Phi) is 4.83. The molecule has 112 valence electrons. The lowest BCUT2D eigenvalue weighted by Crippen LogP contribution is -2.29. The van der Waals surface area contributed by atoms with Crippen molar-refractivity contribution < 1.29 is 18.6 Å². The van der Waals surface area contributed by atoms with Crippen molar-refractivity contribution in [2.75, 3.05) is 13.2 Å². The number of aliphatic hydroxyl groups excluding tert-OH is 1. The summed E-state index contributed by atoms with van der Waals surface area (Å²) >= 11 is 5.92. The van der Waals surface area contributed by atoms with Crippen molar-refractivity contribution >= 4 is 11.6 Å². The predicted octanol–water partition coefficient (Wildman–Crippen LogP) is 3.36. The number of ether oxygens (including phenoxy) is 1. The molecule has 0 radical (unpaired) electrons. The number of benzene rings is 1. The zero-order chi connectivity index (χ0) is 14.8. The van der Waals surface area contributed by atoms with Gasteiger partial charge in [0.1, 0.15) is 5.75 Å². The van der Waals surface area contributed by atoms with E-state index in [-0.39, 0.29) is 23.8 Å². The van der Waals surface area contributed by atoms with Gasteiger partial charge >= 0.3 is 6.61 Å². The average molecular weight is 306 g/mol. The maximum absolute atomic E-state index is 12.4. The highest BCUT2D eigenvalue weighted by atomic mass is 35.5. The van der Waals surface area contributed by atoms with Crippen molar-refractivity contribution in [1.82, 2.24) is 5.32 Å². The average Bonchev–Trinajstić information content (AvgIpc) is 3.18. The third kappa shape index (κ3) is 3.81. The monoisotopic (exact) mass is 305 g/mol. The second kappa shape index (κ2) is 6.24. The van der Waals surface area contributed by atoms with Crippen LogP contribution in [0.3, 0.4) is 0 Å². The molecule has 2 rings (SSSR count). The molecule has 0 aliphatic heterocycles. The molecule has 0 amide bonds. The molecule has 0 heterocycles. The molecule has 1 unspecified atom stereocenters.